The molecule has 7 heteroatoms. The second kappa shape index (κ2) is 7.95. The number of nitrogens with one attached hydrogen (secondary N) is 1. The van der Waals surface area contributed by atoms with Crippen LogP contribution in [0.15, 0.2) is 36.7 Å². The first-order valence-corrected chi connectivity index (χ1v) is 8.79. The van der Waals surface area contributed by atoms with E-state index in [0.717, 1.165) is 13.1 Å². The molecule has 2 heterocycles. The lowest BCUT2D eigenvalue weighted by atomic mass is 9.94. The third-order valence-electron chi connectivity index (χ3n) is 4.85. The zero-order valence-corrected chi connectivity index (χ0v) is 14.9. The van der Waals surface area contributed by atoms with Crippen molar-refractivity contribution in [3.05, 3.63) is 42.2 Å². The number of aromatic nitrogens is 3. The van der Waals surface area contributed by atoms with Gasteiger partial charge >= 0.3 is 0 Å². The van der Waals surface area contributed by atoms with Crippen LogP contribution in [-0.2, 0) is 17.8 Å². The van der Waals surface area contributed by atoms with Crippen molar-refractivity contribution in [2.24, 2.45) is 0 Å². The Kier molecular flexibility index (Phi) is 5.67. The summed E-state index contributed by atoms with van der Waals surface area (Å²) in [6.07, 6.45) is 1.54. The van der Waals surface area contributed by atoms with Crippen molar-refractivity contribution in [2.75, 3.05) is 31.7 Å². The summed E-state index contributed by atoms with van der Waals surface area (Å²) < 4.78 is 7.60. The van der Waals surface area contributed by atoms with Gasteiger partial charge in [0.2, 0.25) is 5.95 Å². The summed E-state index contributed by atoms with van der Waals surface area (Å²) in [5.74, 6) is 0.716. The third-order valence-corrected chi connectivity index (χ3v) is 4.85. The normalized spacial score (nSPS) is 24.4. The molecule has 7 nitrogen and oxygen atoms in total. The predicted molar refractivity (Wildman–Crippen MR) is 96.3 cm³/mol. The zero-order chi connectivity index (χ0) is 17.7. The van der Waals surface area contributed by atoms with E-state index in [0.29, 0.717) is 25.7 Å². The summed E-state index contributed by atoms with van der Waals surface area (Å²) >= 11 is 0. The lowest BCUT2D eigenvalue weighted by Gasteiger charge is -2.49. The van der Waals surface area contributed by atoms with Crippen LogP contribution in [0.25, 0.3) is 0 Å². The van der Waals surface area contributed by atoms with Crippen molar-refractivity contribution in [1.29, 1.82) is 0 Å². The molecule has 2 aromatic rings. The van der Waals surface area contributed by atoms with E-state index < -0.39 is 5.54 Å². The van der Waals surface area contributed by atoms with Gasteiger partial charge in [-0.1, -0.05) is 30.3 Å². The molecular weight excluding hydrogens is 318 g/mol. The molecule has 0 aliphatic carbocycles. The highest BCUT2D eigenvalue weighted by molar-refractivity contribution is 5.25. The maximum absolute atomic E-state index is 10.3. The molecule has 0 saturated carbocycles. The van der Waals surface area contributed by atoms with Crippen LogP contribution in [-0.4, -0.2) is 62.7 Å². The number of aryl methyl sites for hydroxylation is 1. The second-order valence-electron chi connectivity index (χ2n) is 6.61. The first-order chi connectivity index (χ1) is 12.2. The molecule has 1 fully saturated rings. The van der Waals surface area contributed by atoms with E-state index in [4.69, 9.17) is 4.74 Å². The SMILES string of the molecule is CCn1ncnc1NC[C@]1(CO)COC[C@@H](C)N1Cc1ccccc1. The lowest BCUT2D eigenvalue weighted by molar-refractivity contribution is -0.117. The number of hydrogen-bond donors (Lipinski definition) is 2. The van der Waals surface area contributed by atoms with Crippen LogP contribution in [0.2, 0.25) is 0 Å². The van der Waals surface area contributed by atoms with E-state index in [1.54, 1.807) is 11.0 Å². The van der Waals surface area contributed by atoms with Gasteiger partial charge in [-0.15, -0.1) is 0 Å². The average molecular weight is 345 g/mol. The zero-order valence-electron chi connectivity index (χ0n) is 14.9. The Morgan fingerprint density at radius 2 is 2.16 bits per heavy atom. The Morgan fingerprint density at radius 3 is 2.88 bits per heavy atom. The highest BCUT2D eigenvalue weighted by Gasteiger charge is 2.42. The maximum Gasteiger partial charge on any atom is 0.221 e. The highest BCUT2D eigenvalue weighted by atomic mass is 16.5. The predicted octanol–water partition coefficient (Wildman–Crippen LogP) is 1.36. The average Bonchev–Trinajstić information content (AvgIpc) is 3.11. The number of benzene rings is 1. The van der Waals surface area contributed by atoms with Crippen LogP contribution in [0.5, 0.6) is 0 Å². The monoisotopic (exact) mass is 345 g/mol. The van der Waals surface area contributed by atoms with E-state index in [2.05, 4.69) is 39.4 Å². The summed E-state index contributed by atoms with van der Waals surface area (Å²) in [5, 5.41) is 17.8. The Labute approximate surface area is 148 Å². The number of ether oxygens (including phenoxy) is 1. The van der Waals surface area contributed by atoms with E-state index in [1.807, 2.05) is 25.1 Å². The maximum atomic E-state index is 10.3. The van der Waals surface area contributed by atoms with Crippen molar-refractivity contribution in [3.63, 3.8) is 0 Å². The van der Waals surface area contributed by atoms with Gasteiger partial charge < -0.3 is 15.2 Å². The van der Waals surface area contributed by atoms with Gasteiger partial charge in [0.25, 0.3) is 0 Å². The highest BCUT2D eigenvalue weighted by Crippen LogP contribution is 2.27. The molecule has 0 unspecified atom stereocenters. The molecule has 0 amide bonds. The summed E-state index contributed by atoms with van der Waals surface area (Å²) in [5.41, 5.74) is 0.726. The Hall–Kier alpha value is -1.96. The van der Waals surface area contributed by atoms with Gasteiger partial charge in [-0.3, -0.25) is 4.90 Å². The standard InChI is InChI=1S/C18H27N5O2/c1-3-23-17(20-14-21-23)19-11-18(12-24)13-25-10-15(2)22(18)9-16-7-5-4-6-8-16/h4-8,14-15,24H,3,9-13H2,1-2H3,(H,19,20,21)/t15-,18+/m1/s1. The molecule has 2 N–H and O–H groups in total. The largest absolute Gasteiger partial charge is 0.394 e. The van der Waals surface area contributed by atoms with Crippen LogP contribution in [0, 0.1) is 0 Å². The number of anilines is 1. The molecule has 3 rings (SSSR count). The minimum absolute atomic E-state index is 0.0113. The molecule has 1 aliphatic heterocycles. The number of rotatable bonds is 7. The van der Waals surface area contributed by atoms with Crippen LogP contribution >= 0.6 is 0 Å². The number of aliphatic hydroxyl groups is 1. The fourth-order valence-corrected chi connectivity index (χ4v) is 3.38. The van der Waals surface area contributed by atoms with E-state index >= 15 is 0 Å². The lowest BCUT2D eigenvalue weighted by Crippen LogP contribution is -2.65. The molecule has 2 atom stereocenters. The number of morpholine rings is 1. The minimum Gasteiger partial charge on any atom is -0.394 e. The molecule has 1 aromatic carbocycles. The van der Waals surface area contributed by atoms with Crippen molar-refractivity contribution in [1.82, 2.24) is 19.7 Å². The smallest absolute Gasteiger partial charge is 0.221 e. The van der Waals surface area contributed by atoms with Crippen molar-refractivity contribution in [3.8, 4) is 0 Å². The van der Waals surface area contributed by atoms with Crippen molar-refractivity contribution >= 4 is 5.95 Å². The van der Waals surface area contributed by atoms with Gasteiger partial charge in [-0.05, 0) is 19.4 Å². The summed E-state index contributed by atoms with van der Waals surface area (Å²) in [7, 11) is 0. The van der Waals surface area contributed by atoms with Gasteiger partial charge in [-0.2, -0.15) is 10.1 Å². The van der Waals surface area contributed by atoms with Crippen molar-refractivity contribution in [2.45, 2.75) is 38.5 Å². The number of aliphatic hydroxyl groups excluding tert-OH is 1. The van der Waals surface area contributed by atoms with Gasteiger partial charge in [0.1, 0.15) is 6.33 Å². The van der Waals surface area contributed by atoms with Crippen LogP contribution in [0.1, 0.15) is 19.4 Å². The molecule has 25 heavy (non-hydrogen) atoms. The molecular formula is C18H27N5O2. The Balaban J connectivity index is 1.79. The summed E-state index contributed by atoms with van der Waals surface area (Å²) in [6, 6.07) is 10.6. The molecule has 0 spiro atoms. The Morgan fingerprint density at radius 1 is 1.36 bits per heavy atom. The summed E-state index contributed by atoms with van der Waals surface area (Å²) in [6.45, 7) is 7.38. The van der Waals surface area contributed by atoms with E-state index in [9.17, 15) is 5.11 Å². The van der Waals surface area contributed by atoms with E-state index in [-0.39, 0.29) is 12.6 Å². The second-order valence-corrected chi connectivity index (χ2v) is 6.61. The van der Waals surface area contributed by atoms with Gasteiger partial charge in [-0.25, -0.2) is 4.68 Å². The quantitative estimate of drug-likeness (QED) is 0.789. The molecule has 0 bridgehead atoms. The molecule has 1 aromatic heterocycles. The topological polar surface area (TPSA) is 75.4 Å². The molecule has 136 valence electrons. The van der Waals surface area contributed by atoms with Gasteiger partial charge in [0.05, 0.1) is 25.4 Å². The van der Waals surface area contributed by atoms with Gasteiger partial charge in [0, 0.05) is 25.7 Å². The van der Waals surface area contributed by atoms with E-state index in [1.165, 1.54) is 5.56 Å². The minimum atomic E-state index is -0.502. The third kappa shape index (κ3) is 3.84. The first kappa shape index (κ1) is 17.8. The Bertz CT molecular complexity index is 662. The van der Waals surface area contributed by atoms with Crippen LogP contribution < -0.4 is 5.32 Å². The molecule has 1 aliphatic rings. The molecule has 1 saturated heterocycles. The first-order valence-electron chi connectivity index (χ1n) is 8.79. The fourth-order valence-electron chi connectivity index (χ4n) is 3.38. The summed E-state index contributed by atoms with van der Waals surface area (Å²) in [4.78, 5) is 6.60. The molecule has 0 radical (unpaired) electrons. The van der Waals surface area contributed by atoms with Gasteiger partial charge in [0.15, 0.2) is 0 Å². The fraction of sp³-hybridized carbons (Fsp3) is 0.556. The number of hydrogen-bond acceptors (Lipinski definition) is 6. The number of nitrogens with zero attached hydrogens (tertiary/aromatic N) is 4. The van der Waals surface area contributed by atoms with Crippen LogP contribution in [0.4, 0.5) is 5.95 Å². The van der Waals surface area contributed by atoms with Crippen LogP contribution in [0.3, 0.4) is 0 Å². The van der Waals surface area contributed by atoms with Crippen molar-refractivity contribution < 1.29 is 9.84 Å².